The molecule has 1 aromatic heterocycles. The van der Waals surface area contributed by atoms with Crippen molar-refractivity contribution in [2.45, 2.75) is 38.8 Å². The number of aromatic nitrogens is 1. The van der Waals surface area contributed by atoms with Crippen molar-refractivity contribution >= 4 is 17.6 Å². The van der Waals surface area contributed by atoms with Crippen LogP contribution in [0, 0.1) is 0 Å². The van der Waals surface area contributed by atoms with E-state index in [4.69, 9.17) is 20.9 Å². The second-order valence-electron chi connectivity index (χ2n) is 5.71. The lowest BCUT2D eigenvalue weighted by Crippen LogP contribution is -2.35. The molecule has 3 rings (SSSR count). The van der Waals surface area contributed by atoms with E-state index < -0.39 is 0 Å². The fraction of sp³-hybridized carbons (Fsp3) is 0.412. The van der Waals surface area contributed by atoms with E-state index in [-0.39, 0.29) is 6.03 Å². The molecule has 2 amide bonds. The van der Waals surface area contributed by atoms with Crippen molar-refractivity contribution in [3.63, 3.8) is 0 Å². The van der Waals surface area contributed by atoms with Crippen LogP contribution in [0.5, 0.6) is 5.75 Å². The van der Waals surface area contributed by atoms with Gasteiger partial charge in [0.05, 0.1) is 18.7 Å². The van der Waals surface area contributed by atoms with Gasteiger partial charge in [-0.1, -0.05) is 28.9 Å². The van der Waals surface area contributed by atoms with Crippen LogP contribution < -0.4 is 15.4 Å². The number of aryl methyl sites for hydroxylation is 1. The van der Waals surface area contributed by atoms with Gasteiger partial charge >= 0.3 is 6.03 Å². The van der Waals surface area contributed by atoms with Crippen molar-refractivity contribution in [1.82, 2.24) is 15.8 Å². The van der Waals surface area contributed by atoms with Crippen LogP contribution in [0.1, 0.15) is 35.4 Å². The Morgan fingerprint density at radius 1 is 1.29 bits per heavy atom. The topological polar surface area (TPSA) is 76.4 Å². The van der Waals surface area contributed by atoms with Crippen LogP contribution in [0.2, 0.25) is 5.02 Å². The lowest BCUT2D eigenvalue weighted by atomic mass is 9.96. The molecule has 1 aliphatic rings. The Hall–Kier alpha value is -2.21. The molecule has 0 atom stereocenters. The molecule has 0 fully saturated rings. The molecule has 1 aliphatic carbocycles. The highest BCUT2D eigenvalue weighted by Gasteiger charge is 2.19. The van der Waals surface area contributed by atoms with E-state index in [1.807, 2.05) is 12.1 Å². The SMILES string of the molecule is COc1c(Cl)cccc1CNC(=O)NCc1noc2c1CCCC2. The van der Waals surface area contributed by atoms with Crippen LogP contribution in [0.25, 0.3) is 0 Å². The Morgan fingerprint density at radius 3 is 2.92 bits per heavy atom. The van der Waals surface area contributed by atoms with Crippen molar-refractivity contribution in [2.24, 2.45) is 0 Å². The zero-order valence-corrected chi connectivity index (χ0v) is 14.3. The molecule has 7 heteroatoms. The number of nitrogens with one attached hydrogen (secondary N) is 2. The summed E-state index contributed by atoms with van der Waals surface area (Å²) in [6.45, 7) is 0.684. The van der Waals surface area contributed by atoms with E-state index in [9.17, 15) is 4.79 Å². The van der Waals surface area contributed by atoms with Crippen LogP contribution in [0.3, 0.4) is 0 Å². The van der Waals surface area contributed by atoms with Gasteiger partial charge in [-0.15, -0.1) is 0 Å². The number of hydrogen-bond donors (Lipinski definition) is 2. The number of hydrogen-bond acceptors (Lipinski definition) is 4. The molecule has 0 unspecified atom stereocenters. The predicted octanol–water partition coefficient (Wildman–Crippen LogP) is 3.21. The summed E-state index contributed by atoms with van der Waals surface area (Å²) < 4.78 is 10.6. The first-order chi connectivity index (χ1) is 11.7. The molecule has 2 N–H and O–H groups in total. The summed E-state index contributed by atoms with van der Waals surface area (Å²) in [7, 11) is 1.55. The molecule has 0 spiro atoms. The Kier molecular flexibility index (Phi) is 5.25. The maximum atomic E-state index is 12.0. The van der Waals surface area contributed by atoms with Crippen molar-refractivity contribution in [2.75, 3.05) is 7.11 Å². The minimum Gasteiger partial charge on any atom is -0.495 e. The average Bonchev–Trinajstić information content (AvgIpc) is 3.01. The zero-order valence-electron chi connectivity index (χ0n) is 13.5. The minimum atomic E-state index is -0.274. The quantitative estimate of drug-likeness (QED) is 0.869. The second-order valence-corrected chi connectivity index (χ2v) is 6.11. The van der Waals surface area contributed by atoms with E-state index >= 15 is 0 Å². The minimum absolute atomic E-state index is 0.274. The Morgan fingerprint density at radius 2 is 2.08 bits per heavy atom. The third-order valence-corrected chi connectivity index (χ3v) is 4.44. The van der Waals surface area contributed by atoms with E-state index in [1.54, 1.807) is 13.2 Å². The molecular formula is C17H20ClN3O3. The van der Waals surface area contributed by atoms with Crippen LogP contribution in [-0.2, 0) is 25.9 Å². The number of urea groups is 1. The Bertz CT molecular complexity index is 730. The molecule has 0 saturated heterocycles. The van der Waals surface area contributed by atoms with E-state index in [0.717, 1.165) is 48.3 Å². The molecule has 6 nitrogen and oxygen atoms in total. The number of benzene rings is 1. The summed E-state index contributed by atoms with van der Waals surface area (Å²) >= 11 is 6.07. The van der Waals surface area contributed by atoms with Gasteiger partial charge in [0.2, 0.25) is 0 Å². The van der Waals surface area contributed by atoms with Crippen LogP contribution in [0.15, 0.2) is 22.7 Å². The standard InChI is InChI=1S/C17H20ClN3O3/c1-23-16-11(5-4-7-13(16)18)9-19-17(22)20-10-14-12-6-2-3-8-15(12)24-21-14/h4-5,7H,2-3,6,8-10H2,1H3,(H2,19,20,22). The maximum Gasteiger partial charge on any atom is 0.315 e. The molecule has 0 aliphatic heterocycles. The number of carbonyl (C=O) groups is 1. The monoisotopic (exact) mass is 349 g/mol. The summed E-state index contributed by atoms with van der Waals surface area (Å²) in [6, 6.07) is 5.16. The highest BCUT2D eigenvalue weighted by Crippen LogP contribution is 2.28. The first kappa shape index (κ1) is 16.6. The number of rotatable bonds is 5. The lowest BCUT2D eigenvalue weighted by molar-refractivity contribution is 0.239. The van der Waals surface area contributed by atoms with E-state index in [1.165, 1.54) is 0 Å². The van der Waals surface area contributed by atoms with Crippen molar-refractivity contribution in [1.29, 1.82) is 0 Å². The number of ether oxygens (including phenoxy) is 1. The van der Waals surface area contributed by atoms with Gasteiger partial charge in [-0.05, 0) is 25.3 Å². The van der Waals surface area contributed by atoms with Gasteiger partial charge in [0.15, 0.2) is 0 Å². The van der Waals surface area contributed by atoms with E-state index in [2.05, 4.69) is 15.8 Å². The van der Waals surface area contributed by atoms with Gasteiger partial charge in [0.25, 0.3) is 0 Å². The fourth-order valence-electron chi connectivity index (χ4n) is 2.91. The predicted molar refractivity (Wildman–Crippen MR) is 90.2 cm³/mol. The van der Waals surface area contributed by atoms with Crippen molar-refractivity contribution in [3.8, 4) is 5.75 Å². The fourth-order valence-corrected chi connectivity index (χ4v) is 3.18. The number of carbonyl (C=O) groups excluding carboxylic acids is 1. The molecule has 128 valence electrons. The second kappa shape index (κ2) is 7.57. The molecule has 1 heterocycles. The Labute approximate surface area is 145 Å². The smallest absolute Gasteiger partial charge is 0.315 e. The molecule has 0 bridgehead atoms. The zero-order chi connectivity index (χ0) is 16.9. The van der Waals surface area contributed by atoms with Gasteiger partial charge in [0, 0.05) is 24.1 Å². The van der Waals surface area contributed by atoms with Crippen molar-refractivity contribution in [3.05, 3.63) is 45.8 Å². The lowest BCUT2D eigenvalue weighted by Gasteiger charge is -2.12. The number of nitrogens with zero attached hydrogens (tertiary/aromatic N) is 1. The molecule has 1 aromatic carbocycles. The molecule has 0 radical (unpaired) electrons. The summed E-state index contributed by atoms with van der Waals surface area (Å²) in [5, 5.41) is 10.2. The molecule has 0 saturated carbocycles. The number of fused-ring (bicyclic) bond motifs is 1. The summed E-state index contributed by atoms with van der Waals surface area (Å²) in [5.41, 5.74) is 2.79. The first-order valence-electron chi connectivity index (χ1n) is 7.98. The molecule has 2 aromatic rings. The number of para-hydroxylation sites is 1. The third kappa shape index (κ3) is 3.64. The number of methoxy groups -OCH3 is 1. The highest BCUT2D eigenvalue weighted by molar-refractivity contribution is 6.32. The Balaban J connectivity index is 1.53. The maximum absolute atomic E-state index is 12.0. The highest BCUT2D eigenvalue weighted by atomic mass is 35.5. The first-order valence-corrected chi connectivity index (χ1v) is 8.36. The van der Waals surface area contributed by atoms with Gasteiger partial charge in [0.1, 0.15) is 17.2 Å². The van der Waals surface area contributed by atoms with Crippen LogP contribution in [-0.4, -0.2) is 18.3 Å². The molecular weight excluding hydrogens is 330 g/mol. The number of amides is 2. The third-order valence-electron chi connectivity index (χ3n) is 4.14. The average molecular weight is 350 g/mol. The summed E-state index contributed by atoms with van der Waals surface area (Å²) in [5.74, 6) is 1.53. The van der Waals surface area contributed by atoms with E-state index in [0.29, 0.717) is 23.9 Å². The number of halogens is 1. The summed E-state index contributed by atoms with van der Waals surface area (Å²) in [4.78, 5) is 12.0. The normalized spacial score (nSPS) is 13.2. The van der Waals surface area contributed by atoms with Gasteiger partial charge in [-0.2, -0.15) is 0 Å². The summed E-state index contributed by atoms with van der Waals surface area (Å²) in [6.07, 6.45) is 4.18. The van der Waals surface area contributed by atoms with Gasteiger partial charge in [-0.3, -0.25) is 0 Å². The van der Waals surface area contributed by atoms with Crippen molar-refractivity contribution < 1.29 is 14.1 Å². The van der Waals surface area contributed by atoms with Crippen LogP contribution in [0.4, 0.5) is 4.79 Å². The van der Waals surface area contributed by atoms with Gasteiger partial charge < -0.3 is 19.9 Å². The van der Waals surface area contributed by atoms with Gasteiger partial charge in [-0.25, -0.2) is 4.79 Å². The largest absolute Gasteiger partial charge is 0.495 e. The van der Waals surface area contributed by atoms with Crippen LogP contribution >= 0.6 is 11.6 Å². The molecule has 24 heavy (non-hydrogen) atoms.